The first-order valence-corrected chi connectivity index (χ1v) is 14.0. The van der Waals surface area contributed by atoms with Gasteiger partial charge < -0.3 is 18.9 Å². The lowest BCUT2D eigenvalue weighted by Gasteiger charge is -2.17. The molecule has 0 aliphatic carbocycles. The maximum Gasteiger partial charge on any atom is 0.321 e. The standard InChI is InChI=1S/C28H56O4/c1-5-9-12-15-18-19-23-29-26-32-28(31-25-21-17-14-11-7-3)27(22-8-4)30-24-20-16-13-10-6-2/h5-26H2,1-4H3. The van der Waals surface area contributed by atoms with E-state index in [2.05, 4.69) is 27.7 Å². The van der Waals surface area contributed by atoms with Crippen LogP contribution in [0.4, 0.5) is 0 Å². The predicted octanol–water partition coefficient (Wildman–Crippen LogP) is 9.28. The minimum atomic E-state index is 0.243. The van der Waals surface area contributed by atoms with Crippen LogP contribution in [0.15, 0.2) is 11.7 Å². The maximum atomic E-state index is 6.13. The highest BCUT2D eigenvalue weighted by Crippen LogP contribution is 2.18. The van der Waals surface area contributed by atoms with Gasteiger partial charge in [0.1, 0.15) is 0 Å². The molecule has 0 rings (SSSR count). The summed E-state index contributed by atoms with van der Waals surface area (Å²) in [5.74, 6) is 1.42. The van der Waals surface area contributed by atoms with E-state index in [9.17, 15) is 0 Å². The molecule has 0 aromatic carbocycles. The first-order valence-electron chi connectivity index (χ1n) is 14.0. The van der Waals surface area contributed by atoms with Crippen LogP contribution in [0.3, 0.4) is 0 Å². The molecule has 0 aliphatic rings. The lowest BCUT2D eigenvalue weighted by molar-refractivity contribution is -0.0845. The molecule has 0 unspecified atom stereocenters. The van der Waals surface area contributed by atoms with Crippen molar-refractivity contribution in [3.8, 4) is 0 Å². The Morgan fingerprint density at radius 2 is 0.906 bits per heavy atom. The van der Waals surface area contributed by atoms with Gasteiger partial charge in [-0.15, -0.1) is 0 Å². The number of ether oxygens (including phenoxy) is 4. The third-order valence-electron chi connectivity index (χ3n) is 5.63. The Labute approximate surface area is 200 Å². The quantitative estimate of drug-likeness (QED) is 0.0738. The van der Waals surface area contributed by atoms with E-state index in [4.69, 9.17) is 18.9 Å². The molecule has 192 valence electrons. The summed E-state index contributed by atoms with van der Waals surface area (Å²) in [6.45, 7) is 11.3. The van der Waals surface area contributed by atoms with Crippen LogP contribution in [0.1, 0.15) is 143 Å². The highest BCUT2D eigenvalue weighted by Gasteiger charge is 2.12. The largest absolute Gasteiger partial charge is 0.491 e. The molecule has 0 radical (unpaired) electrons. The van der Waals surface area contributed by atoms with E-state index in [1.165, 1.54) is 83.5 Å². The molecule has 32 heavy (non-hydrogen) atoms. The minimum Gasteiger partial charge on any atom is -0.491 e. The third kappa shape index (κ3) is 21.0. The fourth-order valence-electron chi connectivity index (χ4n) is 3.57. The van der Waals surface area contributed by atoms with Crippen LogP contribution in [-0.4, -0.2) is 26.6 Å². The van der Waals surface area contributed by atoms with Gasteiger partial charge in [0, 0.05) is 6.42 Å². The SMILES string of the molecule is CCCCCCCCOCOC(OCCCCCCC)=C(CCC)OCCCCCCC. The van der Waals surface area contributed by atoms with Crippen LogP contribution in [0.5, 0.6) is 0 Å². The molecule has 4 heteroatoms. The summed E-state index contributed by atoms with van der Waals surface area (Å²) in [6.07, 6.45) is 21.7. The zero-order chi connectivity index (χ0) is 23.5. The van der Waals surface area contributed by atoms with Gasteiger partial charge >= 0.3 is 5.95 Å². The van der Waals surface area contributed by atoms with Crippen LogP contribution >= 0.6 is 0 Å². The summed E-state index contributed by atoms with van der Waals surface area (Å²) in [7, 11) is 0. The van der Waals surface area contributed by atoms with Crippen molar-refractivity contribution in [2.75, 3.05) is 26.6 Å². The van der Waals surface area contributed by atoms with Crippen molar-refractivity contribution in [1.29, 1.82) is 0 Å². The van der Waals surface area contributed by atoms with Crippen molar-refractivity contribution in [2.24, 2.45) is 0 Å². The number of rotatable bonds is 26. The summed E-state index contributed by atoms with van der Waals surface area (Å²) in [5, 5.41) is 0. The zero-order valence-corrected chi connectivity index (χ0v) is 22.2. The van der Waals surface area contributed by atoms with Crippen LogP contribution < -0.4 is 0 Å². The van der Waals surface area contributed by atoms with E-state index in [-0.39, 0.29) is 6.79 Å². The summed E-state index contributed by atoms with van der Waals surface area (Å²) < 4.78 is 23.9. The van der Waals surface area contributed by atoms with Crippen LogP contribution in [0.25, 0.3) is 0 Å². The second kappa shape index (κ2) is 26.4. The van der Waals surface area contributed by atoms with Crippen LogP contribution in [0.2, 0.25) is 0 Å². The van der Waals surface area contributed by atoms with Crippen molar-refractivity contribution in [3.63, 3.8) is 0 Å². The van der Waals surface area contributed by atoms with Gasteiger partial charge in [-0.25, -0.2) is 0 Å². The Morgan fingerprint density at radius 1 is 0.438 bits per heavy atom. The molecule has 0 aliphatic heterocycles. The van der Waals surface area contributed by atoms with Gasteiger partial charge in [-0.1, -0.05) is 111 Å². The molecule has 0 amide bonds. The van der Waals surface area contributed by atoms with E-state index >= 15 is 0 Å². The molecular formula is C28H56O4. The average molecular weight is 457 g/mol. The van der Waals surface area contributed by atoms with Crippen molar-refractivity contribution >= 4 is 0 Å². The number of unbranched alkanes of at least 4 members (excludes halogenated alkanes) is 13. The molecular weight excluding hydrogens is 400 g/mol. The van der Waals surface area contributed by atoms with E-state index in [0.29, 0.717) is 12.6 Å². The van der Waals surface area contributed by atoms with Crippen molar-refractivity contribution in [1.82, 2.24) is 0 Å². The smallest absolute Gasteiger partial charge is 0.321 e. The zero-order valence-electron chi connectivity index (χ0n) is 22.2. The maximum absolute atomic E-state index is 6.13. The average Bonchev–Trinajstić information content (AvgIpc) is 2.80. The molecule has 0 bridgehead atoms. The summed E-state index contributed by atoms with van der Waals surface area (Å²) in [4.78, 5) is 0. The molecule has 0 saturated heterocycles. The second-order valence-corrected chi connectivity index (χ2v) is 8.92. The van der Waals surface area contributed by atoms with Gasteiger partial charge in [-0.05, 0) is 25.7 Å². The van der Waals surface area contributed by atoms with Gasteiger partial charge in [-0.3, -0.25) is 0 Å². The lowest BCUT2D eigenvalue weighted by atomic mass is 10.1. The summed E-state index contributed by atoms with van der Waals surface area (Å²) in [5.41, 5.74) is 0. The van der Waals surface area contributed by atoms with Gasteiger partial charge in [0.2, 0.25) is 0 Å². The molecule has 0 aromatic rings. The van der Waals surface area contributed by atoms with Crippen molar-refractivity contribution in [2.45, 2.75) is 143 Å². The van der Waals surface area contributed by atoms with Crippen molar-refractivity contribution in [3.05, 3.63) is 11.7 Å². The Kier molecular flexibility index (Phi) is 25.6. The van der Waals surface area contributed by atoms with Gasteiger partial charge in [-0.2, -0.15) is 0 Å². The van der Waals surface area contributed by atoms with Crippen LogP contribution in [0, 0.1) is 0 Å². The van der Waals surface area contributed by atoms with Crippen molar-refractivity contribution < 1.29 is 18.9 Å². The summed E-state index contributed by atoms with van der Waals surface area (Å²) >= 11 is 0. The van der Waals surface area contributed by atoms with E-state index in [1.54, 1.807) is 0 Å². The van der Waals surface area contributed by atoms with E-state index in [0.717, 1.165) is 51.1 Å². The first kappa shape index (κ1) is 31.1. The Hall–Kier alpha value is -0.900. The topological polar surface area (TPSA) is 36.9 Å². The Morgan fingerprint density at radius 3 is 1.44 bits per heavy atom. The van der Waals surface area contributed by atoms with E-state index in [1.807, 2.05) is 0 Å². The molecule has 0 spiro atoms. The number of hydrogen-bond acceptors (Lipinski definition) is 4. The lowest BCUT2D eigenvalue weighted by Crippen LogP contribution is -2.10. The molecule has 0 heterocycles. The van der Waals surface area contributed by atoms with Gasteiger partial charge in [0.25, 0.3) is 0 Å². The Bertz CT molecular complexity index is 395. The van der Waals surface area contributed by atoms with Gasteiger partial charge in [0.15, 0.2) is 12.6 Å². The van der Waals surface area contributed by atoms with Gasteiger partial charge in [0.05, 0.1) is 19.8 Å². The molecule has 4 nitrogen and oxygen atoms in total. The van der Waals surface area contributed by atoms with E-state index < -0.39 is 0 Å². The molecule has 0 fully saturated rings. The second-order valence-electron chi connectivity index (χ2n) is 8.92. The minimum absolute atomic E-state index is 0.243. The predicted molar refractivity (Wildman–Crippen MR) is 137 cm³/mol. The fourth-order valence-corrected chi connectivity index (χ4v) is 3.57. The highest BCUT2D eigenvalue weighted by atomic mass is 16.7. The molecule has 0 atom stereocenters. The molecule has 0 N–H and O–H groups in total. The Balaban J connectivity index is 4.46. The fraction of sp³-hybridized carbons (Fsp3) is 0.929. The normalized spacial score (nSPS) is 12.0. The number of allylic oxidation sites excluding steroid dienone is 1. The monoisotopic (exact) mass is 456 g/mol. The first-order chi connectivity index (χ1) is 15.8. The highest BCUT2D eigenvalue weighted by molar-refractivity contribution is 4.95. The van der Waals surface area contributed by atoms with Crippen LogP contribution in [-0.2, 0) is 18.9 Å². The number of hydrogen-bond donors (Lipinski definition) is 0. The molecule has 0 aromatic heterocycles. The third-order valence-corrected chi connectivity index (χ3v) is 5.63. The summed E-state index contributed by atoms with van der Waals surface area (Å²) in [6, 6.07) is 0. The molecule has 0 saturated carbocycles.